The number of thiazole rings is 1. The Morgan fingerprint density at radius 2 is 1.71 bits per heavy atom. The molecule has 49 heavy (non-hydrogen) atoms. The van der Waals surface area contributed by atoms with Crippen LogP contribution in [0.15, 0.2) is 118 Å². The van der Waals surface area contributed by atoms with Gasteiger partial charge in [-0.3, -0.25) is 14.2 Å². The lowest BCUT2D eigenvalue weighted by molar-refractivity contribution is -0.113. The number of hydrogen-bond donors (Lipinski definition) is 1. The van der Waals surface area contributed by atoms with E-state index in [1.165, 1.54) is 11.3 Å². The van der Waals surface area contributed by atoms with E-state index in [0.29, 0.717) is 59.9 Å². The number of amides is 1. The number of nitrogens with one attached hydrogen (secondary N) is 1. The van der Waals surface area contributed by atoms with Crippen molar-refractivity contribution in [3.05, 3.63) is 155 Å². The Hall–Kier alpha value is -5.09. The minimum absolute atomic E-state index is 0.265. The molecule has 1 atom stereocenters. The second-order valence-electron chi connectivity index (χ2n) is 11.5. The molecule has 4 aromatic carbocycles. The summed E-state index contributed by atoms with van der Waals surface area (Å²) in [4.78, 5) is 33.7. The van der Waals surface area contributed by atoms with Crippen LogP contribution in [0.2, 0.25) is 10.0 Å². The van der Waals surface area contributed by atoms with Gasteiger partial charge in [-0.05, 0) is 66.6 Å². The summed E-state index contributed by atoms with van der Waals surface area (Å²) in [5.74, 6) is 0.657. The van der Waals surface area contributed by atoms with Gasteiger partial charge in [-0.25, -0.2) is 4.99 Å². The standard InChI is InChI=1S/C38H30Cl2N4O4S/c1-22-34(36(45)42-27-9-5-4-6-10-27)35(23-14-16-31(47-2)32(17-23)48-3)44-37(46)33(49-38(44)41-22)18-25-21-43(30-12-8-7-11-28(25)30)20-24-13-15-26(39)19-29(24)40/h4-19,21,35H,20H2,1-3H3,(H,42,45)/b33-18-/t35-/m0/s1. The zero-order valence-electron chi connectivity index (χ0n) is 26.7. The number of aromatic nitrogens is 2. The Balaban J connectivity index is 1.38. The van der Waals surface area contributed by atoms with Crippen LogP contribution in [-0.4, -0.2) is 29.3 Å². The van der Waals surface area contributed by atoms with Gasteiger partial charge in [0.1, 0.15) is 0 Å². The van der Waals surface area contributed by atoms with Gasteiger partial charge in [-0.2, -0.15) is 0 Å². The van der Waals surface area contributed by atoms with E-state index in [2.05, 4.69) is 9.88 Å². The van der Waals surface area contributed by atoms with Crippen molar-refractivity contribution in [3.63, 3.8) is 0 Å². The molecule has 0 bridgehead atoms. The van der Waals surface area contributed by atoms with Gasteiger partial charge < -0.3 is 19.4 Å². The summed E-state index contributed by atoms with van der Waals surface area (Å²) in [7, 11) is 3.11. The van der Waals surface area contributed by atoms with Crippen LogP contribution in [0.5, 0.6) is 11.5 Å². The number of fused-ring (bicyclic) bond motifs is 2. The lowest BCUT2D eigenvalue weighted by atomic mass is 9.94. The van der Waals surface area contributed by atoms with Gasteiger partial charge in [-0.1, -0.05) is 83.1 Å². The molecular formula is C38H30Cl2N4O4S. The highest BCUT2D eigenvalue weighted by atomic mass is 35.5. The molecule has 1 N–H and O–H groups in total. The molecule has 6 aromatic rings. The van der Waals surface area contributed by atoms with Crippen molar-refractivity contribution in [3.8, 4) is 11.5 Å². The second-order valence-corrected chi connectivity index (χ2v) is 13.3. The number of carbonyl (C=O) groups excluding carboxylic acids is 1. The number of methoxy groups -OCH3 is 2. The first kappa shape index (κ1) is 32.5. The van der Waals surface area contributed by atoms with Crippen LogP contribution in [0.1, 0.15) is 29.7 Å². The van der Waals surface area contributed by atoms with E-state index in [9.17, 15) is 9.59 Å². The van der Waals surface area contributed by atoms with E-state index in [1.54, 1.807) is 43.9 Å². The summed E-state index contributed by atoms with van der Waals surface area (Å²) in [5, 5.41) is 5.12. The Labute approximate surface area is 295 Å². The Morgan fingerprint density at radius 3 is 2.47 bits per heavy atom. The number of benzene rings is 4. The number of halogens is 2. The fourth-order valence-electron chi connectivity index (χ4n) is 6.17. The van der Waals surface area contributed by atoms with Gasteiger partial charge in [0.05, 0.1) is 36.1 Å². The molecule has 7 rings (SSSR count). The van der Waals surface area contributed by atoms with Gasteiger partial charge in [0.15, 0.2) is 16.3 Å². The summed E-state index contributed by atoms with van der Waals surface area (Å²) in [6.45, 7) is 2.31. The van der Waals surface area contributed by atoms with Gasteiger partial charge >= 0.3 is 0 Å². The number of para-hydroxylation sites is 2. The van der Waals surface area contributed by atoms with Crippen molar-refractivity contribution in [2.45, 2.75) is 19.5 Å². The summed E-state index contributed by atoms with van der Waals surface area (Å²) in [6, 6.07) is 27.3. The topological polar surface area (TPSA) is 86.9 Å². The normalized spacial score (nSPS) is 14.5. The Bertz CT molecular complexity index is 2470. The molecule has 0 spiro atoms. The molecule has 0 radical (unpaired) electrons. The fourth-order valence-corrected chi connectivity index (χ4v) is 7.67. The minimum atomic E-state index is -0.782. The molecule has 0 fully saturated rings. The summed E-state index contributed by atoms with van der Waals surface area (Å²) >= 11 is 14.0. The third-order valence-electron chi connectivity index (χ3n) is 8.48. The molecule has 1 amide bonds. The zero-order chi connectivity index (χ0) is 34.2. The van der Waals surface area contributed by atoms with E-state index in [4.69, 9.17) is 37.7 Å². The van der Waals surface area contributed by atoms with Crippen LogP contribution >= 0.6 is 34.5 Å². The Kier molecular flexibility index (Phi) is 8.90. The van der Waals surface area contributed by atoms with Crippen molar-refractivity contribution in [1.29, 1.82) is 0 Å². The minimum Gasteiger partial charge on any atom is -0.493 e. The predicted molar refractivity (Wildman–Crippen MR) is 196 cm³/mol. The van der Waals surface area contributed by atoms with E-state index in [0.717, 1.165) is 22.0 Å². The first-order valence-corrected chi connectivity index (χ1v) is 17.0. The van der Waals surface area contributed by atoms with Crippen LogP contribution in [0.4, 0.5) is 5.69 Å². The van der Waals surface area contributed by atoms with Crippen LogP contribution < -0.4 is 29.7 Å². The molecule has 8 nitrogen and oxygen atoms in total. The molecule has 1 aliphatic heterocycles. The molecule has 0 saturated carbocycles. The van der Waals surface area contributed by atoms with Crippen molar-refractivity contribution in [2.75, 3.05) is 19.5 Å². The fraction of sp³-hybridized carbons (Fsp3) is 0.132. The maximum Gasteiger partial charge on any atom is 0.271 e. The third kappa shape index (κ3) is 6.17. The van der Waals surface area contributed by atoms with Crippen LogP contribution in [-0.2, 0) is 11.3 Å². The summed E-state index contributed by atoms with van der Waals surface area (Å²) in [5.41, 5.74) is 4.69. The zero-order valence-corrected chi connectivity index (χ0v) is 29.1. The first-order chi connectivity index (χ1) is 23.7. The maximum absolute atomic E-state index is 14.5. The van der Waals surface area contributed by atoms with Gasteiger partial charge in [0.2, 0.25) is 0 Å². The van der Waals surface area contributed by atoms with E-state index in [1.807, 2.05) is 85.1 Å². The van der Waals surface area contributed by atoms with E-state index >= 15 is 0 Å². The third-order valence-corrected chi connectivity index (χ3v) is 10.1. The smallest absolute Gasteiger partial charge is 0.271 e. The molecule has 11 heteroatoms. The first-order valence-electron chi connectivity index (χ1n) is 15.4. The maximum atomic E-state index is 14.5. The van der Waals surface area contributed by atoms with Crippen molar-refractivity contribution in [1.82, 2.24) is 9.13 Å². The number of anilines is 1. The summed E-state index contributed by atoms with van der Waals surface area (Å²) < 4.78 is 15.3. The summed E-state index contributed by atoms with van der Waals surface area (Å²) in [6.07, 6.45) is 3.91. The lowest BCUT2D eigenvalue weighted by Gasteiger charge is -2.26. The Morgan fingerprint density at radius 1 is 0.959 bits per heavy atom. The van der Waals surface area contributed by atoms with Crippen LogP contribution in [0.25, 0.3) is 17.0 Å². The average Bonchev–Trinajstić information content (AvgIpc) is 3.61. The van der Waals surface area contributed by atoms with Crippen LogP contribution in [0, 0.1) is 0 Å². The number of hydrogen-bond acceptors (Lipinski definition) is 6. The second kappa shape index (κ2) is 13.4. The van der Waals surface area contributed by atoms with Gasteiger partial charge in [0, 0.05) is 44.9 Å². The van der Waals surface area contributed by atoms with Crippen molar-refractivity contribution in [2.24, 2.45) is 4.99 Å². The largest absolute Gasteiger partial charge is 0.493 e. The van der Waals surface area contributed by atoms with E-state index < -0.39 is 6.04 Å². The molecule has 3 heterocycles. The van der Waals surface area contributed by atoms with E-state index in [-0.39, 0.29) is 11.5 Å². The monoisotopic (exact) mass is 708 g/mol. The highest BCUT2D eigenvalue weighted by Crippen LogP contribution is 2.36. The van der Waals surface area contributed by atoms with Crippen molar-refractivity contribution >= 4 is 63.1 Å². The molecule has 0 unspecified atom stereocenters. The molecule has 2 aromatic heterocycles. The number of allylic oxidation sites excluding steroid dienone is 1. The number of carbonyl (C=O) groups is 1. The van der Waals surface area contributed by atoms with Crippen LogP contribution in [0.3, 0.4) is 0 Å². The molecule has 1 aliphatic rings. The van der Waals surface area contributed by atoms with Gasteiger partial charge in [0.25, 0.3) is 11.5 Å². The molecule has 0 aliphatic carbocycles. The van der Waals surface area contributed by atoms with Gasteiger partial charge in [-0.15, -0.1) is 0 Å². The number of rotatable bonds is 8. The SMILES string of the molecule is COc1ccc([C@H]2C(C(=O)Nc3ccccc3)=C(C)N=c3s/c(=C\c4cn(Cc5ccc(Cl)cc5Cl)c5ccccc45)c(=O)n32)cc1OC. The average molecular weight is 710 g/mol. The van der Waals surface area contributed by atoms with Crippen molar-refractivity contribution < 1.29 is 14.3 Å². The molecule has 0 saturated heterocycles. The lowest BCUT2D eigenvalue weighted by Crippen LogP contribution is -2.40. The number of ether oxygens (including phenoxy) is 2. The molecule has 246 valence electrons. The highest BCUT2D eigenvalue weighted by Gasteiger charge is 2.33. The highest BCUT2D eigenvalue weighted by molar-refractivity contribution is 7.07. The molecular weight excluding hydrogens is 679 g/mol. The number of nitrogens with zero attached hydrogens (tertiary/aromatic N) is 3. The predicted octanol–water partition coefficient (Wildman–Crippen LogP) is 7.20. The quantitative estimate of drug-likeness (QED) is 0.181.